The summed E-state index contributed by atoms with van der Waals surface area (Å²) in [6.45, 7) is 4.08. The highest BCUT2D eigenvalue weighted by molar-refractivity contribution is 5.97. The molecule has 2 saturated heterocycles. The van der Waals surface area contributed by atoms with E-state index in [1.807, 2.05) is 18.2 Å². The summed E-state index contributed by atoms with van der Waals surface area (Å²) in [5.41, 5.74) is 1.61. The summed E-state index contributed by atoms with van der Waals surface area (Å²) in [5.74, 6) is -1.30. The molecule has 0 saturated carbocycles. The van der Waals surface area contributed by atoms with E-state index in [9.17, 15) is 18.8 Å². The van der Waals surface area contributed by atoms with Crippen LogP contribution in [-0.4, -0.2) is 79.4 Å². The normalized spacial score (nSPS) is 19.2. The molecule has 9 heteroatoms. The minimum absolute atomic E-state index is 0.155. The Balaban J connectivity index is 1.32. The van der Waals surface area contributed by atoms with Crippen molar-refractivity contribution in [2.75, 3.05) is 56.0 Å². The van der Waals surface area contributed by atoms with Gasteiger partial charge in [-0.25, -0.2) is 4.39 Å². The van der Waals surface area contributed by atoms with Gasteiger partial charge in [0.2, 0.25) is 17.7 Å². The highest BCUT2D eigenvalue weighted by Gasteiger charge is 2.35. The van der Waals surface area contributed by atoms with Crippen LogP contribution in [0.4, 0.5) is 15.8 Å². The molecule has 0 aliphatic carbocycles. The van der Waals surface area contributed by atoms with Gasteiger partial charge in [0.25, 0.3) is 0 Å². The molecule has 174 valence electrons. The maximum atomic E-state index is 13.1. The van der Waals surface area contributed by atoms with Crippen molar-refractivity contribution in [2.45, 2.75) is 12.5 Å². The van der Waals surface area contributed by atoms with Gasteiger partial charge in [-0.05, 0) is 36.4 Å². The highest BCUT2D eigenvalue weighted by atomic mass is 19.1. The summed E-state index contributed by atoms with van der Waals surface area (Å²) in [4.78, 5) is 43.9. The molecule has 0 aromatic heterocycles. The van der Waals surface area contributed by atoms with Crippen LogP contribution in [0.1, 0.15) is 6.42 Å². The monoisotopic (exact) mass is 453 g/mol. The zero-order valence-corrected chi connectivity index (χ0v) is 18.4. The summed E-state index contributed by atoms with van der Waals surface area (Å²) in [7, 11) is 0. The summed E-state index contributed by atoms with van der Waals surface area (Å²) < 4.78 is 13.1. The average Bonchev–Trinajstić information content (AvgIpc) is 2.83. The Hall–Kier alpha value is -3.46. The van der Waals surface area contributed by atoms with Gasteiger partial charge in [0.15, 0.2) is 0 Å². The Labute approximate surface area is 192 Å². The van der Waals surface area contributed by atoms with Crippen LogP contribution in [0.5, 0.6) is 0 Å². The van der Waals surface area contributed by atoms with Crippen molar-refractivity contribution in [1.82, 2.24) is 15.1 Å². The molecule has 8 nitrogen and oxygen atoms in total. The smallest absolute Gasteiger partial charge is 0.243 e. The summed E-state index contributed by atoms with van der Waals surface area (Å²) in [5, 5.41) is 5.40. The fourth-order valence-electron chi connectivity index (χ4n) is 4.22. The van der Waals surface area contributed by atoms with Gasteiger partial charge < -0.3 is 20.4 Å². The number of amides is 3. The van der Waals surface area contributed by atoms with Gasteiger partial charge in [-0.2, -0.15) is 0 Å². The van der Waals surface area contributed by atoms with Crippen LogP contribution in [0.2, 0.25) is 0 Å². The second-order valence-corrected chi connectivity index (χ2v) is 8.25. The van der Waals surface area contributed by atoms with E-state index in [2.05, 4.69) is 32.6 Å². The lowest BCUT2D eigenvalue weighted by molar-refractivity contribution is -0.145. The van der Waals surface area contributed by atoms with Crippen molar-refractivity contribution in [3.05, 3.63) is 60.4 Å². The first-order valence-corrected chi connectivity index (χ1v) is 11.1. The van der Waals surface area contributed by atoms with Gasteiger partial charge >= 0.3 is 0 Å². The summed E-state index contributed by atoms with van der Waals surface area (Å²) in [6.07, 6.45) is -0.156. The average molecular weight is 454 g/mol. The van der Waals surface area contributed by atoms with Crippen LogP contribution in [0.3, 0.4) is 0 Å². The Kier molecular flexibility index (Phi) is 7.19. The molecule has 2 heterocycles. The van der Waals surface area contributed by atoms with E-state index >= 15 is 0 Å². The van der Waals surface area contributed by atoms with Crippen LogP contribution < -0.4 is 15.5 Å². The van der Waals surface area contributed by atoms with E-state index in [1.165, 1.54) is 34.9 Å². The maximum Gasteiger partial charge on any atom is 0.243 e. The number of carbonyl (C=O) groups excluding carboxylic acids is 3. The number of halogens is 1. The molecular formula is C24H28FN5O3. The second-order valence-electron chi connectivity index (χ2n) is 8.25. The Morgan fingerprint density at radius 3 is 2.36 bits per heavy atom. The lowest BCUT2D eigenvalue weighted by atomic mass is 10.1. The highest BCUT2D eigenvalue weighted by Crippen LogP contribution is 2.17. The molecule has 33 heavy (non-hydrogen) atoms. The van der Waals surface area contributed by atoms with Gasteiger partial charge in [-0.3, -0.25) is 19.3 Å². The molecule has 2 aliphatic rings. The zero-order valence-electron chi connectivity index (χ0n) is 18.4. The predicted octanol–water partition coefficient (Wildman–Crippen LogP) is 1.30. The number of anilines is 2. The zero-order chi connectivity index (χ0) is 23.2. The van der Waals surface area contributed by atoms with E-state index in [1.54, 1.807) is 0 Å². The number of benzene rings is 2. The molecule has 2 fully saturated rings. The first kappa shape index (κ1) is 22.7. The van der Waals surface area contributed by atoms with Crippen LogP contribution in [-0.2, 0) is 14.4 Å². The molecule has 3 amide bonds. The van der Waals surface area contributed by atoms with Gasteiger partial charge in [-0.1, -0.05) is 18.2 Å². The third-order valence-electron chi connectivity index (χ3n) is 6.01. The Morgan fingerprint density at radius 2 is 1.67 bits per heavy atom. The van der Waals surface area contributed by atoms with Gasteiger partial charge in [-0.15, -0.1) is 0 Å². The molecule has 2 aliphatic heterocycles. The fourth-order valence-corrected chi connectivity index (χ4v) is 4.22. The fraction of sp³-hybridized carbons (Fsp3) is 0.375. The Bertz CT molecular complexity index is 977. The largest absolute Gasteiger partial charge is 0.369 e. The molecule has 4 rings (SSSR count). The van der Waals surface area contributed by atoms with Crippen LogP contribution in [0.15, 0.2) is 54.6 Å². The Morgan fingerprint density at radius 1 is 0.970 bits per heavy atom. The molecule has 2 N–H and O–H groups in total. The third-order valence-corrected chi connectivity index (χ3v) is 6.01. The number of para-hydroxylation sites is 1. The van der Waals surface area contributed by atoms with Crippen molar-refractivity contribution in [3.8, 4) is 0 Å². The lowest BCUT2D eigenvalue weighted by Crippen LogP contribution is -2.60. The second kappa shape index (κ2) is 10.4. The molecule has 0 radical (unpaired) electrons. The van der Waals surface area contributed by atoms with Crippen molar-refractivity contribution < 1.29 is 18.8 Å². The molecule has 0 spiro atoms. The molecule has 0 bridgehead atoms. The van der Waals surface area contributed by atoms with Crippen molar-refractivity contribution in [2.24, 2.45) is 0 Å². The van der Waals surface area contributed by atoms with Crippen LogP contribution in [0, 0.1) is 5.82 Å². The number of nitrogens with zero attached hydrogens (tertiary/aromatic N) is 3. The first-order valence-electron chi connectivity index (χ1n) is 11.1. The van der Waals surface area contributed by atoms with E-state index in [0.717, 1.165) is 26.2 Å². The third kappa shape index (κ3) is 5.87. The topological polar surface area (TPSA) is 85.0 Å². The number of hydrogen-bond acceptors (Lipinski definition) is 5. The minimum atomic E-state index is -0.864. The lowest BCUT2D eigenvalue weighted by Gasteiger charge is -2.39. The van der Waals surface area contributed by atoms with Crippen molar-refractivity contribution >= 4 is 29.1 Å². The molecular weight excluding hydrogens is 425 g/mol. The van der Waals surface area contributed by atoms with E-state index < -0.39 is 17.8 Å². The van der Waals surface area contributed by atoms with Gasteiger partial charge in [0, 0.05) is 50.6 Å². The van der Waals surface area contributed by atoms with Gasteiger partial charge in [0.1, 0.15) is 11.9 Å². The quantitative estimate of drug-likeness (QED) is 0.689. The van der Waals surface area contributed by atoms with Crippen molar-refractivity contribution in [1.29, 1.82) is 0 Å². The molecule has 1 atom stereocenters. The van der Waals surface area contributed by atoms with Crippen molar-refractivity contribution in [3.63, 3.8) is 0 Å². The SMILES string of the molecule is O=C(CC1C(=O)NCCN1C(=O)CN1CCN(c2ccccc2)CC1)Nc1ccc(F)cc1. The standard InChI is InChI=1S/C24H28FN5O3/c25-18-6-8-19(9-7-18)27-22(31)16-21-24(33)26-10-11-30(21)23(32)17-28-12-14-29(15-13-28)20-4-2-1-3-5-20/h1-9,21H,10-17H2,(H,26,33)(H,27,31). The number of hydrogen-bond donors (Lipinski definition) is 2. The number of rotatable bonds is 6. The van der Waals surface area contributed by atoms with E-state index in [0.29, 0.717) is 18.8 Å². The number of piperazine rings is 2. The molecule has 1 unspecified atom stereocenters. The van der Waals surface area contributed by atoms with Crippen LogP contribution >= 0.6 is 0 Å². The summed E-state index contributed by atoms with van der Waals surface area (Å²) >= 11 is 0. The van der Waals surface area contributed by atoms with E-state index in [4.69, 9.17) is 0 Å². The molecule has 2 aromatic carbocycles. The predicted molar refractivity (Wildman–Crippen MR) is 123 cm³/mol. The van der Waals surface area contributed by atoms with E-state index in [-0.39, 0.29) is 24.8 Å². The summed E-state index contributed by atoms with van der Waals surface area (Å²) in [6, 6.07) is 14.7. The number of carbonyl (C=O) groups is 3. The van der Waals surface area contributed by atoms with Gasteiger partial charge in [0.05, 0.1) is 13.0 Å². The minimum Gasteiger partial charge on any atom is -0.369 e. The maximum absolute atomic E-state index is 13.1. The first-order chi connectivity index (χ1) is 16.0. The number of nitrogens with one attached hydrogen (secondary N) is 2. The van der Waals surface area contributed by atoms with Crippen LogP contribution in [0.25, 0.3) is 0 Å². The molecule has 2 aromatic rings.